The third kappa shape index (κ3) is 4.18. The number of carbonyl (C=O) groups excluding carboxylic acids is 1. The van der Waals surface area contributed by atoms with E-state index in [-0.39, 0.29) is 11.8 Å². The lowest BCUT2D eigenvalue weighted by molar-refractivity contribution is -0.117. The minimum absolute atomic E-state index is 0.0921. The number of nitrogens with one attached hydrogen (secondary N) is 1. The van der Waals surface area contributed by atoms with Crippen LogP contribution in [0.2, 0.25) is 0 Å². The zero-order valence-corrected chi connectivity index (χ0v) is 15.9. The number of hydrogen-bond acceptors (Lipinski definition) is 6. The van der Waals surface area contributed by atoms with E-state index in [0.29, 0.717) is 11.7 Å². The smallest absolute Gasteiger partial charge is 0.228 e. The highest BCUT2D eigenvalue weighted by Gasteiger charge is 2.29. The summed E-state index contributed by atoms with van der Waals surface area (Å²) < 4.78 is 0. The molecule has 1 saturated heterocycles. The van der Waals surface area contributed by atoms with E-state index in [1.807, 2.05) is 30.6 Å². The molecule has 1 aliphatic heterocycles. The van der Waals surface area contributed by atoms with Gasteiger partial charge in [0.05, 0.1) is 11.9 Å². The molecule has 1 amide bonds. The van der Waals surface area contributed by atoms with Crippen LogP contribution in [0.3, 0.4) is 0 Å². The molecule has 1 N–H and O–H groups in total. The van der Waals surface area contributed by atoms with Crippen LogP contribution in [0.1, 0.15) is 38.4 Å². The molecule has 2 aromatic rings. The Morgan fingerprint density at radius 3 is 2.44 bits per heavy atom. The molecule has 3 heterocycles. The van der Waals surface area contributed by atoms with Gasteiger partial charge in [0.15, 0.2) is 0 Å². The number of rotatable bonds is 5. The molecule has 7 nitrogen and oxygen atoms in total. The van der Waals surface area contributed by atoms with Crippen LogP contribution < -0.4 is 15.1 Å². The van der Waals surface area contributed by atoms with Crippen molar-refractivity contribution in [2.24, 2.45) is 5.92 Å². The first kappa shape index (κ1) is 17.7. The van der Waals surface area contributed by atoms with Crippen molar-refractivity contribution in [3.63, 3.8) is 0 Å². The van der Waals surface area contributed by atoms with Crippen LogP contribution in [-0.2, 0) is 4.79 Å². The highest BCUT2D eigenvalue weighted by Crippen LogP contribution is 2.30. The average Bonchev–Trinajstić information content (AvgIpc) is 3.54. The maximum atomic E-state index is 11.8. The second kappa shape index (κ2) is 7.50. The number of anilines is 3. The van der Waals surface area contributed by atoms with Gasteiger partial charge in [0.2, 0.25) is 5.91 Å². The van der Waals surface area contributed by atoms with Gasteiger partial charge in [0, 0.05) is 44.2 Å². The van der Waals surface area contributed by atoms with Gasteiger partial charge < -0.3 is 15.1 Å². The second-order valence-corrected chi connectivity index (χ2v) is 7.57. The normalized spacial score (nSPS) is 17.3. The lowest BCUT2D eigenvalue weighted by Gasteiger charge is -2.36. The van der Waals surface area contributed by atoms with Gasteiger partial charge in [-0.2, -0.15) is 0 Å². The fraction of sp³-hybridized carbons (Fsp3) is 0.500. The van der Waals surface area contributed by atoms with Crippen LogP contribution in [0, 0.1) is 5.92 Å². The van der Waals surface area contributed by atoms with Gasteiger partial charge >= 0.3 is 0 Å². The van der Waals surface area contributed by atoms with Crippen LogP contribution in [-0.4, -0.2) is 47.0 Å². The molecule has 2 fully saturated rings. The van der Waals surface area contributed by atoms with Gasteiger partial charge in [-0.3, -0.25) is 4.79 Å². The summed E-state index contributed by atoms with van der Waals surface area (Å²) in [6, 6.07) is 5.91. The summed E-state index contributed by atoms with van der Waals surface area (Å²) in [5, 5.41) is 2.89. The highest BCUT2D eigenvalue weighted by atomic mass is 16.2. The average molecular weight is 366 g/mol. The number of amides is 1. The number of carbonyl (C=O) groups is 1. The van der Waals surface area contributed by atoms with Gasteiger partial charge in [-0.25, -0.2) is 15.0 Å². The predicted molar refractivity (Wildman–Crippen MR) is 106 cm³/mol. The van der Waals surface area contributed by atoms with E-state index in [1.54, 1.807) is 0 Å². The minimum Gasteiger partial charge on any atom is -0.367 e. The first-order valence-electron chi connectivity index (χ1n) is 9.70. The molecular weight excluding hydrogens is 340 g/mol. The van der Waals surface area contributed by atoms with Crippen LogP contribution in [0.25, 0.3) is 0 Å². The molecule has 0 bridgehead atoms. The largest absolute Gasteiger partial charge is 0.367 e. The topological polar surface area (TPSA) is 74.2 Å². The summed E-state index contributed by atoms with van der Waals surface area (Å²) >= 11 is 0. The Kier molecular flexibility index (Phi) is 4.92. The molecule has 0 unspecified atom stereocenters. The third-order valence-electron chi connectivity index (χ3n) is 5.09. The van der Waals surface area contributed by atoms with Crippen LogP contribution in [0.5, 0.6) is 0 Å². The van der Waals surface area contributed by atoms with E-state index >= 15 is 0 Å². The molecule has 7 heteroatoms. The van der Waals surface area contributed by atoms with E-state index in [0.717, 1.165) is 56.4 Å². The quantitative estimate of drug-likeness (QED) is 0.877. The molecule has 2 aromatic heterocycles. The zero-order valence-electron chi connectivity index (χ0n) is 15.9. The molecule has 0 aromatic carbocycles. The molecule has 0 atom stereocenters. The molecular formula is C20H26N6O. The van der Waals surface area contributed by atoms with Crippen molar-refractivity contribution in [2.45, 2.75) is 32.6 Å². The molecule has 0 spiro atoms. The fourth-order valence-corrected chi connectivity index (χ4v) is 3.23. The van der Waals surface area contributed by atoms with Crippen molar-refractivity contribution in [3.05, 3.63) is 36.4 Å². The summed E-state index contributed by atoms with van der Waals surface area (Å²) in [7, 11) is 0. The molecule has 142 valence electrons. The molecule has 1 saturated carbocycles. The molecule has 0 radical (unpaired) electrons. The number of hydrogen-bond donors (Lipinski definition) is 1. The van der Waals surface area contributed by atoms with Crippen molar-refractivity contribution in [2.75, 3.05) is 41.3 Å². The Balaban J connectivity index is 1.34. The fourth-order valence-electron chi connectivity index (χ4n) is 3.23. The third-order valence-corrected chi connectivity index (χ3v) is 5.09. The van der Waals surface area contributed by atoms with Crippen molar-refractivity contribution in [1.29, 1.82) is 0 Å². The van der Waals surface area contributed by atoms with Crippen molar-refractivity contribution < 1.29 is 4.79 Å². The molecule has 2 aliphatic rings. The predicted octanol–water partition coefficient (Wildman–Crippen LogP) is 2.67. The first-order valence-corrected chi connectivity index (χ1v) is 9.70. The minimum atomic E-state index is 0.0921. The highest BCUT2D eigenvalue weighted by molar-refractivity contribution is 5.93. The van der Waals surface area contributed by atoms with Crippen molar-refractivity contribution in [3.8, 4) is 0 Å². The summed E-state index contributed by atoms with van der Waals surface area (Å²) in [6.07, 6.45) is 5.70. The summed E-state index contributed by atoms with van der Waals surface area (Å²) in [6.45, 7) is 7.87. The van der Waals surface area contributed by atoms with Gasteiger partial charge in [-0.1, -0.05) is 13.8 Å². The number of piperazine rings is 1. The van der Waals surface area contributed by atoms with Crippen LogP contribution in [0.4, 0.5) is 17.3 Å². The Bertz CT molecular complexity index is 794. The first-order chi connectivity index (χ1) is 13.1. The van der Waals surface area contributed by atoms with Crippen molar-refractivity contribution in [1.82, 2.24) is 15.0 Å². The van der Waals surface area contributed by atoms with Gasteiger partial charge in [-0.05, 0) is 31.0 Å². The Morgan fingerprint density at radius 1 is 1.07 bits per heavy atom. The SMILES string of the molecule is CC(C)c1nccc(N2CCN(c3ccc(NC(=O)C4CC4)nc3)CC2)n1. The van der Waals surface area contributed by atoms with E-state index in [9.17, 15) is 4.79 Å². The second-order valence-electron chi connectivity index (χ2n) is 7.57. The van der Waals surface area contributed by atoms with E-state index in [4.69, 9.17) is 4.98 Å². The van der Waals surface area contributed by atoms with E-state index < -0.39 is 0 Å². The lowest BCUT2D eigenvalue weighted by Crippen LogP contribution is -2.47. The Labute approximate surface area is 159 Å². The van der Waals surface area contributed by atoms with Crippen molar-refractivity contribution >= 4 is 23.2 Å². The van der Waals surface area contributed by atoms with Gasteiger partial charge in [0.1, 0.15) is 17.5 Å². The number of aromatic nitrogens is 3. The lowest BCUT2D eigenvalue weighted by atomic mass is 10.2. The monoisotopic (exact) mass is 366 g/mol. The molecule has 1 aliphatic carbocycles. The van der Waals surface area contributed by atoms with Gasteiger partial charge in [0.25, 0.3) is 0 Å². The zero-order chi connectivity index (χ0) is 18.8. The summed E-state index contributed by atoms with van der Waals surface area (Å²) in [5.74, 6) is 3.15. The Hall–Kier alpha value is -2.70. The Morgan fingerprint density at radius 2 is 1.81 bits per heavy atom. The van der Waals surface area contributed by atoms with Crippen LogP contribution in [0.15, 0.2) is 30.6 Å². The standard InChI is InChI=1S/C20H26N6O/c1-14(2)19-21-8-7-18(24-19)26-11-9-25(10-12-26)16-5-6-17(22-13-16)23-20(27)15-3-4-15/h5-8,13-15H,3-4,9-12H2,1-2H3,(H,22,23,27). The molecule has 4 rings (SSSR count). The number of pyridine rings is 1. The summed E-state index contributed by atoms with van der Waals surface area (Å²) in [4.78, 5) is 29.9. The van der Waals surface area contributed by atoms with E-state index in [2.05, 4.69) is 38.9 Å². The molecule has 27 heavy (non-hydrogen) atoms. The maximum absolute atomic E-state index is 11.8. The van der Waals surface area contributed by atoms with Gasteiger partial charge in [-0.15, -0.1) is 0 Å². The number of nitrogens with zero attached hydrogens (tertiary/aromatic N) is 5. The maximum Gasteiger partial charge on any atom is 0.228 e. The summed E-state index contributed by atoms with van der Waals surface area (Å²) in [5.41, 5.74) is 1.09. The van der Waals surface area contributed by atoms with E-state index in [1.165, 1.54) is 0 Å². The van der Waals surface area contributed by atoms with Crippen LogP contribution >= 0.6 is 0 Å².